The summed E-state index contributed by atoms with van der Waals surface area (Å²) < 4.78 is 26.4. The number of hydrogen-bond donors (Lipinski definition) is 0. The molecule has 21 heavy (non-hydrogen) atoms. The average Bonchev–Trinajstić information content (AvgIpc) is 3.11. The first-order valence-electron chi connectivity index (χ1n) is 6.45. The van der Waals surface area contributed by atoms with E-state index in [2.05, 4.69) is 10.1 Å². The Hall–Kier alpha value is -2.63. The Morgan fingerprint density at radius 2 is 2.24 bits per heavy atom. The molecule has 3 aromatic rings. The summed E-state index contributed by atoms with van der Waals surface area (Å²) in [5.41, 5.74) is 1.00. The number of aromatic nitrogens is 3. The van der Waals surface area contributed by atoms with Crippen LogP contribution in [0, 0.1) is 12.7 Å². The minimum atomic E-state index is -0.400. The van der Waals surface area contributed by atoms with E-state index in [1.54, 1.807) is 29.9 Å². The van der Waals surface area contributed by atoms with Crippen LogP contribution in [0.1, 0.15) is 11.5 Å². The van der Waals surface area contributed by atoms with E-state index in [0.717, 1.165) is 5.69 Å². The standard InChI is InChI=1S/C15H14FN3O2/c1-10-14(9-19-7-3-6-17-19)18-15(21-10)12-8-11(20-2)4-5-13(12)16/h3-8H,9H2,1-2H3. The van der Waals surface area contributed by atoms with Gasteiger partial charge in [-0.2, -0.15) is 5.10 Å². The molecule has 0 saturated carbocycles. The van der Waals surface area contributed by atoms with Gasteiger partial charge >= 0.3 is 0 Å². The van der Waals surface area contributed by atoms with Crippen LogP contribution in [0.25, 0.3) is 11.5 Å². The zero-order valence-electron chi connectivity index (χ0n) is 11.7. The van der Waals surface area contributed by atoms with Gasteiger partial charge in [0.05, 0.1) is 19.2 Å². The quantitative estimate of drug-likeness (QED) is 0.740. The molecule has 0 bridgehead atoms. The lowest BCUT2D eigenvalue weighted by atomic mass is 10.2. The second-order valence-corrected chi connectivity index (χ2v) is 4.57. The minimum absolute atomic E-state index is 0.242. The van der Waals surface area contributed by atoms with Gasteiger partial charge in [0, 0.05) is 12.4 Å². The Labute approximate surface area is 121 Å². The molecule has 0 unspecified atom stereocenters. The van der Waals surface area contributed by atoms with Crippen LogP contribution < -0.4 is 4.74 Å². The summed E-state index contributed by atoms with van der Waals surface area (Å²) in [6.45, 7) is 2.28. The number of nitrogens with zero attached hydrogens (tertiary/aromatic N) is 3. The molecule has 0 atom stereocenters. The summed E-state index contributed by atoms with van der Waals surface area (Å²) in [4.78, 5) is 4.37. The highest BCUT2D eigenvalue weighted by Gasteiger charge is 2.16. The Morgan fingerprint density at radius 1 is 1.38 bits per heavy atom. The van der Waals surface area contributed by atoms with Crippen LogP contribution in [-0.4, -0.2) is 21.9 Å². The molecular formula is C15H14FN3O2. The monoisotopic (exact) mass is 287 g/mol. The second kappa shape index (κ2) is 5.40. The molecule has 0 aliphatic carbocycles. The number of methoxy groups -OCH3 is 1. The largest absolute Gasteiger partial charge is 0.497 e. The lowest BCUT2D eigenvalue weighted by Crippen LogP contribution is -2.01. The van der Waals surface area contributed by atoms with E-state index in [1.165, 1.54) is 13.2 Å². The van der Waals surface area contributed by atoms with E-state index in [4.69, 9.17) is 9.15 Å². The Kier molecular flexibility index (Phi) is 3.43. The molecule has 5 nitrogen and oxygen atoms in total. The maximum atomic E-state index is 13.9. The molecule has 2 aromatic heterocycles. The molecule has 0 saturated heterocycles. The van der Waals surface area contributed by atoms with Crippen molar-refractivity contribution in [2.24, 2.45) is 0 Å². The van der Waals surface area contributed by atoms with Crippen molar-refractivity contribution in [2.75, 3.05) is 7.11 Å². The first kappa shape index (κ1) is 13.4. The van der Waals surface area contributed by atoms with Gasteiger partial charge in [-0.3, -0.25) is 4.68 Å². The number of aryl methyl sites for hydroxylation is 1. The Morgan fingerprint density at radius 3 is 2.95 bits per heavy atom. The Bertz CT molecular complexity index is 750. The molecule has 108 valence electrons. The maximum Gasteiger partial charge on any atom is 0.229 e. The van der Waals surface area contributed by atoms with Gasteiger partial charge in [-0.15, -0.1) is 0 Å². The lowest BCUT2D eigenvalue weighted by Gasteiger charge is -2.02. The van der Waals surface area contributed by atoms with Gasteiger partial charge < -0.3 is 9.15 Å². The van der Waals surface area contributed by atoms with Crippen molar-refractivity contribution < 1.29 is 13.5 Å². The number of oxazole rings is 1. The van der Waals surface area contributed by atoms with Crippen LogP contribution in [0.2, 0.25) is 0 Å². The molecular weight excluding hydrogens is 273 g/mol. The van der Waals surface area contributed by atoms with Crippen LogP contribution in [0.4, 0.5) is 4.39 Å². The van der Waals surface area contributed by atoms with E-state index < -0.39 is 5.82 Å². The number of ether oxygens (including phenoxy) is 1. The van der Waals surface area contributed by atoms with Crippen LogP contribution >= 0.6 is 0 Å². The second-order valence-electron chi connectivity index (χ2n) is 4.57. The predicted molar refractivity (Wildman–Crippen MR) is 74.5 cm³/mol. The maximum absolute atomic E-state index is 13.9. The summed E-state index contributed by atoms with van der Waals surface area (Å²) in [5, 5.41) is 4.12. The van der Waals surface area contributed by atoms with Gasteiger partial charge in [0.2, 0.25) is 5.89 Å². The van der Waals surface area contributed by atoms with Gasteiger partial charge in [-0.05, 0) is 31.2 Å². The van der Waals surface area contributed by atoms with Crippen molar-refractivity contribution in [1.29, 1.82) is 0 Å². The normalized spacial score (nSPS) is 10.8. The Balaban J connectivity index is 1.97. The number of rotatable bonds is 4. The summed E-state index contributed by atoms with van der Waals surface area (Å²) in [6, 6.07) is 6.29. The van der Waals surface area contributed by atoms with Crippen LogP contribution in [-0.2, 0) is 6.54 Å². The van der Waals surface area contributed by atoms with Crippen LogP contribution in [0.15, 0.2) is 41.1 Å². The molecule has 0 spiro atoms. The molecule has 0 aliphatic rings. The molecule has 0 N–H and O–H groups in total. The lowest BCUT2D eigenvalue weighted by molar-refractivity contribution is 0.413. The third-order valence-corrected chi connectivity index (χ3v) is 3.17. The minimum Gasteiger partial charge on any atom is -0.497 e. The van der Waals surface area contributed by atoms with E-state index in [-0.39, 0.29) is 11.5 Å². The molecule has 3 rings (SSSR count). The molecule has 0 aliphatic heterocycles. The first-order valence-corrected chi connectivity index (χ1v) is 6.45. The topological polar surface area (TPSA) is 53.1 Å². The molecule has 1 aromatic carbocycles. The highest BCUT2D eigenvalue weighted by atomic mass is 19.1. The molecule has 2 heterocycles. The third-order valence-electron chi connectivity index (χ3n) is 3.17. The fraction of sp³-hybridized carbons (Fsp3) is 0.200. The summed E-state index contributed by atoms with van der Waals surface area (Å²) in [5.74, 6) is 1.03. The highest BCUT2D eigenvalue weighted by molar-refractivity contribution is 5.57. The molecule has 0 amide bonds. The van der Waals surface area contributed by atoms with E-state index in [9.17, 15) is 4.39 Å². The number of benzene rings is 1. The van der Waals surface area contributed by atoms with E-state index >= 15 is 0 Å². The zero-order valence-corrected chi connectivity index (χ0v) is 11.7. The highest BCUT2D eigenvalue weighted by Crippen LogP contribution is 2.28. The van der Waals surface area contributed by atoms with Crippen LogP contribution in [0.3, 0.4) is 0 Å². The summed E-state index contributed by atoms with van der Waals surface area (Å²) >= 11 is 0. The van der Waals surface area contributed by atoms with Crippen molar-refractivity contribution in [2.45, 2.75) is 13.5 Å². The zero-order chi connectivity index (χ0) is 14.8. The van der Waals surface area contributed by atoms with E-state index in [1.807, 2.05) is 12.3 Å². The number of halogens is 1. The summed E-state index contributed by atoms with van der Waals surface area (Å²) in [6.07, 6.45) is 3.53. The van der Waals surface area contributed by atoms with Crippen molar-refractivity contribution >= 4 is 0 Å². The average molecular weight is 287 g/mol. The van der Waals surface area contributed by atoms with Crippen molar-refractivity contribution in [3.8, 4) is 17.2 Å². The molecule has 0 fully saturated rings. The fourth-order valence-corrected chi connectivity index (χ4v) is 2.03. The van der Waals surface area contributed by atoms with Gasteiger partial charge in [-0.25, -0.2) is 9.37 Å². The fourth-order valence-electron chi connectivity index (χ4n) is 2.03. The van der Waals surface area contributed by atoms with E-state index in [0.29, 0.717) is 18.1 Å². The smallest absolute Gasteiger partial charge is 0.229 e. The van der Waals surface area contributed by atoms with Crippen molar-refractivity contribution in [3.63, 3.8) is 0 Å². The van der Waals surface area contributed by atoms with Gasteiger partial charge in [0.15, 0.2) is 0 Å². The van der Waals surface area contributed by atoms with Gasteiger partial charge in [0.25, 0.3) is 0 Å². The predicted octanol–water partition coefficient (Wildman–Crippen LogP) is 3.04. The molecule has 6 heteroatoms. The van der Waals surface area contributed by atoms with Crippen molar-refractivity contribution in [1.82, 2.24) is 14.8 Å². The van der Waals surface area contributed by atoms with Gasteiger partial charge in [-0.1, -0.05) is 0 Å². The summed E-state index contributed by atoms with van der Waals surface area (Å²) in [7, 11) is 1.53. The first-order chi connectivity index (χ1) is 10.2. The van der Waals surface area contributed by atoms with Crippen molar-refractivity contribution in [3.05, 3.63) is 53.9 Å². The van der Waals surface area contributed by atoms with Gasteiger partial charge in [0.1, 0.15) is 23.0 Å². The SMILES string of the molecule is COc1ccc(F)c(-c2nc(Cn3cccn3)c(C)o2)c1. The number of hydrogen-bond acceptors (Lipinski definition) is 4. The molecule has 0 radical (unpaired) electrons. The van der Waals surface area contributed by atoms with Crippen LogP contribution in [0.5, 0.6) is 5.75 Å². The third kappa shape index (κ3) is 2.65.